The second-order valence-electron chi connectivity index (χ2n) is 13.8. The van der Waals surface area contributed by atoms with Crippen molar-refractivity contribution >= 4 is 33.2 Å². The van der Waals surface area contributed by atoms with Gasteiger partial charge in [-0.1, -0.05) is 18.9 Å². The molecule has 1 spiro atoms. The van der Waals surface area contributed by atoms with Crippen molar-refractivity contribution in [1.29, 1.82) is 0 Å². The van der Waals surface area contributed by atoms with Crippen LogP contribution in [0.15, 0.2) is 30.5 Å². The van der Waals surface area contributed by atoms with E-state index in [4.69, 9.17) is 21.6 Å². The van der Waals surface area contributed by atoms with Gasteiger partial charge in [0.1, 0.15) is 34.6 Å². The van der Waals surface area contributed by atoms with Crippen molar-refractivity contribution in [2.45, 2.75) is 55.8 Å². The van der Waals surface area contributed by atoms with Crippen LogP contribution in [-0.2, 0) is 4.74 Å². The number of aliphatic hydroxyl groups excluding tert-OH is 1. The quantitative estimate of drug-likeness (QED) is 0.0926. The van der Waals surface area contributed by atoms with E-state index in [1.807, 2.05) is 0 Å². The molecule has 7 N–H and O–H groups in total. The number of hydrogen-bond donors (Lipinski definition) is 6. The van der Waals surface area contributed by atoms with Gasteiger partial charge in [0.25, 0.3) is 0 Å². The average Bonchev–Trinajstić information content (AvgIpc) is 3.98. The van der Waals surface area contributed by atoms with Gasteiger partial charge in [-0.15, -0.1) is 6.42 Å². The lowest BCUT2D eigenvalue weighted by Crippen LogP contribution is -2.72. The molecule has 2 aromatic heterocycles. The molecule has 2 aromatic carbocycles. The van der Waals surface area contributed by atoms with Crippen LogP contribution in [0.4, 0.5) is 24.7 Å². The number of hydrogen-bond acceptors (Lipinski definition) is 13. The molecule has 2 aliphatic carbocycles. The molecular weight excluding hydrogens is 673 g/mol. The molecule has 4 aromatic rings. The Morgan fingerprint density at radius 2 is 1.96 bits per heavy atom. The molecule has 4 heterocycles. The Kier molecular flexibility index (Phi) is 7.50. The molecule has 2 unspecified atom stereocenters. The van der Waals surface area contributed by atoms with Crippen LogP contribution in [0.5, 0.6) is 6.01 Å². The van der Waals surface area contributed by atoms with Crippen molar-refractivity contribution in [2.24, 2.45) is 11.3 Å². The number of likely N-dealkylation sites (tertiary alicyclic amines) is 1. The maximum atomic E-state index is 17.0. The highest BCUT2D eigenvalue weighted by molar-refractivity contribution is 6.03. The number of nitrogens with zero attached hydrogens (tertiary/aromatic N) is 5. The SMILES string of the molecule is C#Cc1c(F)ccc2cc(N)cc(-c3ncc4c(N5CCOCC6C5[C@H]6F)nc(OC(O)(O)[C@]5(CO)N(CC)C(O)(O)CC56CC6)nc4c3F)c12. The van der Waals surface area contributed by atoms with Crippen LogP contribution < -0.4 is 15.4 Å². The average molecular weight is 709 g/mol. The van der Waals surface area contributed by atoms with Crippen LogP contribution in [0.3, 0.4) is 0 Å². The zero-order valence-corrected chi connectivity index (χ0v) is 27.4. The van der Waals surface area contributed by atoms with Crippen molar-refractivity contribution < 1.29 is 48.2 Å². The lowest BCUT2D eigenvalue weighted by molar-refractivity contribution is -0.390. The zero-order valence-electron chi connectivity index (χ0n) is 27.4. The lowest BCUT2D eigenvalue weighted by Gasteiger charge is -2.48. The summed E-state index contributed by atoms with van der Waals surface area (Å²) in [4.78, 5) is 15.6. The molecule has 2 saturated heterocycles. The normalized spacial score (nSPS) is 26.7. The second-order valence-corrected chi connectivity index (χ2v) is 13.8. The summed E-state index contributed by atoms with van der Waals surface area (Å²) in [5.74, 6) is -5.94. The standard InChI is InChI=1S/C35H35F3N6O7/c1-3-19-23(36)6-5-17-11-18(39)12-20(24(17)19)27-26(38)28-21(13-40-27)30(43-9-10-50-14-22-25(37)29(22)43)42-31(41-28)51-35(48,49)33(16-45)32(7-8-32)15-34(46,47)44(33)4-2/h1,5-6,11-13,22,25,29,45-49H,4,7-10,14-16,39H2,2H3/t22?,25-,29?,33+/m0/s1. The molecule has 2 aliphatic heterocycles. The van der Waals surface area contributed by atoms with E-state index >= 15 is 8.78 Å². The Labute approximate surface area is 289 Å². The highest BCUT2D eigenvalue weighted by atomic mass is 19.1. The predicted molar refractivity (Wildman–Crippen MR) is 176 cm³/mol. The summed E-state index contributed by atoms with van der Waals surface area (Å²) >= 11 is 0. The van der Waals surface area contributed by atoms with E-state index in [-0.39, 0.29) is 71.8 Å². The van der Waals surface area contributed by atoms with Gasteiger partial charge in [-0.2, -0.15) is 9.97 Å². The number of alkyl halides is 1. The molecule has 0 radical (unpaired) electrons. The number of likely N-dealkylation sites (N-methyl/N-ethyl adjacent to an activating group) is 1. The molecule has 268 valence electrons. The fourth-order valence-electron chi connectivity index (χ4n) is 8.59. The first kappa shape index (κ1) is 33.8. The highest BCUT2D eigenvalue weighted by Crippen LogP contribution is 2.68. The van der Waals surface area contributed by atoms with E-state index in [1.165, 1.54) is 31.3 Å². The number of ether oxygens (including phenoxy) is 2. The molecule has 0 bridgehead atoms. The maximum absolute atomic E-state index is 17.0. The van der Waals surface area contributed by atoms with Crippen molar-refractivity contribution in [3.63, 3.8) is 0 Å². The van der Waals surface area contributed by atoms with E-state index in [1.54, 1.807) is 11.0 Å². The number of anilines is 2. The zero-order chi connectivity index (χ0) is 36.2. The molecule has 51 heavy (non-hydrogen) atoms. The molecule has 13 nitrogen and oxygen atoms in total. The van der Waals surface area contributed by atoms with Gasteiger partial charge in [-0.25, -0.2) is 18.1 Å². The monoisotopic (exact) mass is 708 g/mol. The third-order valence-corrected chi connectivity index (χ3v) is 11.1. The van der Waals surface area contributed by atoms with Crippen LogP contribution in [0, 0.1) is 35.3 Å². The van der Waals surface area contributed by atoms with Gasteiger partial charge < -0.3 is 45.6 Å². The van der Waals surface area contributed by atoms with E-state index < -0.39 is 70.7 Å². The van der Waals surface area contributed by atoms with E-state index in [0.717, 1.165) is 4.90 Å². The third-order valence-electron chi connectivity index (χ3n) is 11.1. The Hall–Kier alpha value is -4.34. The van der Waals surface area contributed by atoms with Gasteiger partial charge in [0.2, 0.25) is 5.91 Å². The van der Waals surface area contributed by atoms with E-state index in [2.05, 4.69) is 20.9 Å². The minimum atomic E-state index is -3.38. The minimum absolute atomic E-state index is 0.0118. The topological polar surface area (TPSA) is 191 Å². The first-order valence-electron chi connectivity index (χ1n) is 16.5. The lowest BCUT2D eigenvalue weighted by atomic mass is 9.79. The Bertz CT molecular complexity index is 2140. The van der Waals surface area contributed by atoms with Gasteiger partial charge >= 0.3 is 12.0 Å². The Balaban J connectivity index is 1.34. The largest absolute Gasteiger partial charge is 0.404 e. The summed E-state index contributed by atoms with van der Waals surface area (Å²) < 4.78 is 58.3. The fraction of sp³-hybridized carbons (Fsp3) is 0.457. The van der Waals surface area contributed by atoms with Gasteiger partial charge in [0.05, 0.1) is 36.8 Å². The summed E-state index contributed by atoms with van der Waals surface area (Å²) in [5, 5.41) is 56.6. The summed E-state index contributed by atoms with van der Waals surface area (Å²) in [5.41, 5.74) is 2.14. The van der Waals surface area contributed by atoms with Crippen LogP contribution in [0.25, 0.3) is 32.9 Å². The number of pyridine rings is 1. The smallest absolute Gasteiger partial charge is 0.347 e. The molecular formula is C35H35F3N6O7. The number of terminal acetylenes is 1. The number of nitrogens with two attached hydrogens (primary N) is 1. The molecule has 0 amide bonds. The summed E-state index contributed by atoms with van der Waals surface area (Å²) in [6.07, 6.45) is 5.91. The number of fused-ring (bicyclic) bond motifs is 3. The van der Waals surface area contributed by atoms with E-state index in [9.17, 15) is 29.9 Å². The van der Waals surface area contributed by atoms with Crippen molar-refractivity contribution in [1.82, 2.24) is 19.9 Å². The summed E-state index contributed by atoms with van der Waals surface area (Å²) in [6, 6.07) is 4.06. The van der Waals surface area contributed by atoms with Gasteiger partial charge in [0, 0.05) is 53.7 Å². The predicted octanol–water partition coefficient (Wildman–Crippen LogP) is 1.75. The second kappa shape index (κ2) is 11.3. The number of rotatable bonds is 7. The molecule has 4 aliphatic rings. The summed E-state index contributed by atoms with van der Waals surface area (Å²) in [7, 11) is 0. The van der Waals surface area contributed by atoms with Crippen molar-refractivity contribution in [2.75, 3.05) is 43.5 Å². The van der Waals surface area contributed by atoms with Gasteiger partial charge in [-0.05, 0) is 36.4 Å². The third kappa shape index (κ3) is 4.73. The first-order chi connectivity index (χ1) is 24.2. The molecule has 2 saturated carbocycles. The maximum Gasteiger partial charge on any atom is 0.347 e. The number of halogens is 3. The molecule has 4 fully saturated rings. The Morgan fingerprint density at radius 1 is 1.20 bits per heavy atom. The van der Waals surface area contributed by atoms with Gasteiger partial charge in [-0.3, -0.25) is 4.98 Å². The molecule has 4 atom stereocenters. The highest BCUT2D eigenvalue weighted by Gasteiger charge is 2.80. The van der Waals surface area contributed by atoms with Gasteiger partial charge in [0.15, 0.2) is 5.82 Å². The van der Waals surface area contributed by atoms with Crippen molar-refractivity contribution in [3.8, 4) is 29.6 Å². The van der Waals surface area contributed by atoms with Crippen molar-refractivity contribution in [3.05, 3.63) is 47.7 Å². The number of nitrogen functional groups attached to an aromatic ring is 1. The fourth-order valence-corrected chi connectivity index (χ4v) is 8.59. The number of benzene rings is 2. The minimum Gasteiger partial charge on any atom is -0.404 e. The molecule has 16 heteroatoms. The van der Waals surface area contributed by atoms with E-state index in [0.29, 0.717) is 18.2 Å². The van der Waals surface area contributed by atoms with Crippen LogP contribution in [0.1, 0.15) is 31.7 Å². The number of aromatic nitrogens is 3. The Morgan fingerprint density at radius 3 is 2.65 bits per heavy atom. The van der Waals surface area contributed by atoms with Crippen LogP contribution in [0.2, 0.25) is 0 Å². The molecule has 8 rings (SSSR count). The summed E-state index contributed by atoms with van der Waals surface area (Å²) in [6.45, 7) is 0.860. The van der Waals surface area contributed by atoms with Crippen LogP contribution in [-0.4, -0.2) is 108 Å². The first-order valence-corrected chi connectivity index (χ1v) is 16.5. The number of aliphatic hydroxyl groups is 5. The van der Waals surface area contributed by atoms with Crippen LogP contribution >= 0.6 is 0 Å².